The maximum absolute atomic E-state index is 11.7. The van der Waals surface area contributed by atoms with Gasteiger partial charge < -0.3 is 14.4 Å². The Balaban J connectivity index is 3.25. The van der Waals surface area contributed by atoms with E-state index < -0.39 is 6.09 Å². The Labute approximate surface area is 179 Å². The number of amides is 1. The summed E-state index contributed by atoms with van der Waals surface area (Å²) in [4.78, 5) is 24.3. The number of hydrogen-bond acceptors (Lipinski definition) is 4. The molecule has 0 rings (SSSR count). The molecule has 5 nitrogen and oxygen atoms in total. The second-order valence-electron chi connectivity index (χ2n) is 8.08. The summed E-state index contributed by atoms with van der Waals surface area (Å²) in [6.07, 6.45) is 20.7. The number of nitrogens with zero attached hydrogens (tertiary/aromatic N) is 1. The third-order valence-corrected chi connectivity index (χ3v) is 5.21. The number of carbonyl (C=O) groups is 2. The lowest BCUT2D eigenvalue weighted by atomic mass is 10.0. The maximum Gasteiger partial charge on any atom is 0.410 e. The second kappa shape index (κ2) is 21.4. The molecule has 0 saturated carbocycles. The summed E-state index contributed by atoms with van der Waals surface area (Å²) in [6.45, 7) is 4.69. The van der Waals surface area contributed by atoms with Crippen molar-refractivity contribution in [1.82, 2.24) is 4.90 Å². The van der Waals surface area contributed by atoms with E-state index >= 15 is 0 Å². The normalized spacial score (nSPS) is 10.7. The molecular formula is C24H47NO4. The molecule has 0 aliphatic heterocycles. The van der Waals surface area contributed by atoms with Gasteiger partial charge in [0.25, 0.3) is 0 Å². The number of esters is 1. The number of rotatable bonds is 20. The van der Waals surface area contributed by atoms with Crippen LogP contribution >= 0.6 is 0 Å². The molecule has 0 fully saturated rings. The molecule has 0 saturated heterocycles. The van der Waals surface area contributed by atoms with Gasteiger partial charge in [-0.2, -0.15) is 0 Å². The molecule has 0 aliphatic carbocycles. The minimum atomic E-state index is -0.494. The summed E-state index contributed by atoms with van der Waals surface area (Å²) in [5, 5.41) is 0. The van der Waals surface area contributed by atoms with Gasteiger partial charge in [-0.3, -0.25) is 4.79 Å². The van der Waals surface area contributed by atoms with Crippen LogP contribution in [0, 0.1) is 0 Å². The highest BCUT2D eigenvalue weighted by Gasteiger charge is 2.14. The lowest BCUT2D eigenvalue weighted by Crippen LogP contribution is -2.33. The fourth-order valence-corrected chi connectivity index (χ4v) is 3.37. The van der Waals surface area contributed by atoms with Gasteiger partial charge in [0.05, 0.1) is 13.2 Å². The summed E-state index contributed by atoms with van der Waals surface area (Å²) in [5.41, 5.74) is 0. The molecule has 0 radical (unpaired) electrons. The first-order valence-corrected chi connectivity index (χ1v) is 12.1. The van der Waals surface area contributed by atoms with E-state index in [0.29, 0.717) is 13.2 Å². The van der Waals surface area contributed by atoms with Crippen LogP contribution in [0.15, 0.2) is 0 Å². The second-order valence-corrected chi connectivity index (χ2v) is 8.08. The van der Waals surface area contributed by atoms with Gasteiger partial charge in [0.15, 0.2) is 0 Å². The fraction of sp³-hybridized carbons (Fsp3) is 0.917. The van der Waals surface area contributed by atoms with E-state index in [4.69, 9.17) is 9.47 Å². The summed E-state index contributed by atoms with van der Waals surface area (Å²) in [5.74, 6) is -0.374. The van der Waals surface area contributed by atoms with Crippen molar-refractivity contribution in [3.05, 3.63) is 0 Å². The number of hydrogen-bond donors (Lipinski definition) is 0. The zero-order valence-corrected chi connectivity index (χ0v) is 19.5. The molecule has 1 amide bonds. The zero-order chi connectivity index (χ0) is 21.6. The third kappa shape index (κ3) is 19.8. The molecule has 29 heavy (non-hydrogen) atoms. The predicted molar refractivity (Wildman–Crippen MR) is 120 cm³/mol. The van der Waals surface area contributed by atoms with Crippen LogP contribution in [0.4, 0.5) is 4.79 Å². The lowest BCUT2D eigenvalue weighted by molar-refractivity contribution is -0.144. The molecule has 172 valence electrons. The van der Waals surface area contributed by atoms with E-state index in [0.717, 1.165) is 12.8 Å². The average molecular weight is 414 g/mol. The Morgan fingerprint density at radius 2 is 1.03 bits per heavy atom. The van der Waals surface area contributed by atoms with Crippen LogP contribution < -0.4 is 0 Å². The quantitative estimate of drug-likeness (QED) is 0.161. The molecule has 0 aromatic carbocycles. The highest BCUT2D eigenvalue weighted by Crippen LogP contribution is 2.13. The summed E-state index contributed by atoms with van der Waals surface area (Å²) >= 11 is 0. The molecule has 0 unspecified atom stereocenters. The van der Waals surface area contributed by atoms with Gasteiger partial charge in [0, 0.05) is 7.05 Å². The minimum absolute atomic E-state index is 0.0578. The van der Waals surface area contributed by atoms with Crippen molar-refractivity contribution in [2.45, 2.75) is 117 Å². The molecule has 0 heterocycles. The van der Waals surface area contributed by atoms with Crippen LogP contribution in [0.2, 0.25) is 0 Å². The summed E-state index contributed by atoms with van der Waals surface area (Å²) < 4.78 is 9.99. The van der Waals surface area contributed by atoms with E-state index in [-0.39, 0.29) is 12.5 Å². The van der Waals surface area contributed by atoms with E-state index in [9.17, 15) is 9.59 Å². The Kier molecular flexibility index (Phi) is 20.5. The van der Waals surface area contributed by atoms with Crippen molar-refractivity contribution >= 4 is 12.1 Å². The standard InChI is InChI=1S/C24H47NO4/c1-4-6-7-8-9-10-11-12-13-14-15-16-17-18-19-20-21-29-23(26)22-25(3)24(27)28-5-2/h4-22H2,1-3H3. The smallest absolute Gasteiger partial charge is 0.410 e. The molecular weight excluding hydrogens is 366 g/mol. The van der Waals surface area contributed by atoms with E-state index in [1.54, 1.807) is 6.92 Å². The van der Waals surface area contributed by atoms with Crippen molar-refractivity contribution in [2.75, 3.05) is 26.8 Å². The Morgan fingerprint density at radius 1 is 0.621 bits per heavy atom. The first-order chi connectivity index (χ1) is 14.1. The van der Waals surface area contributed by atoms with Crippen molar-refractivity contribution in [3.63, 3.8) is 0 Å². The van der Waals surface area contributed by atoms with E-state index in [2.05, 4.69) is 6.92 Å². The lowest BCUT2D eigenvalue weighted by Gasteiger charge is -2.15. The highest BCUT2D eigenvalue weighted by molar-refractivity contribution is 5.77. The van der Waals surface area contributed by atoms with Crippen LogP contribution in [0.1, 0.15) is 117 Å². The SMILES string of the molecule is CCCCCCCCCCCCCCCCCCOC(=O)CN(C)C(=O)OCC. The molecule has 5 heteroatoms. The zero-order valence-electron chi connectivity index (χ0n) is 19.5. The Hall–Kier alpha value is -1.26. The van der Waals surface area contributed by atoms with Gasteiger partial charge in [0.2, 0.25) is 0 Å². The van der Waals surface area contributed by atoms with Crippen molar-refractivity contribution in [3.8, 4) is 0 Å². The molecule has 0 spiro atoms. The number of likely N-dealkylation sites (N-methyl/N-ethyl adjacent to an activating group) is 1. The highest BCUT2D eigenvalue weighted by atomic mass is 16.6. The third-order valence-electron chi connectivity index (χ3n) is 5.21. The first-order valence-electron chi connectivity index (χ1n) is 12.1. The molecule has 0 aliphatic rings. The molecule has 0 bridgehead atoms. The van der Waals surface area contributed by atoms with Crippen LogP contribution in [-0.4, -0.2) is 43.8 Å². The molecule has 0 aromatic heterocycles. The monoisotopic (exact) mass is 413 g/mol. The van der Waals surface area contributed by atoms with Crippen molar-refractivity contribution < 1.29 is 19.1 Å². The van der Waals surface area contributed by atoms with Crippen LogP contribution in [0.25, 0.3) is 0 Å². The van der Waals surface area contributed by atoms with E-state index in [1.807, 2.05) is 0 Å². The largest absolute Gasteiger partial charge is 0.464 e. The summed E-state index contributed by atoms with van der Waals surface area (Å²) in [7, 11) is 1.54. The Morgan fingerprint density at radius 3 is 1.45 bits per heavy atom. The number of ether oxygens (including phenoxy) is 2. The van der Waals surface area contributed by atoms with Gasteiger partial charge in [-0.05, 0) is 13.3 Å². The van der Waals surface area contributed by atoms with Crippen molar-refractivity contribution in [2.24, 2.45) is 0 Å². The molecule has 0 aromatic rings. The van der Waals surface area contributed by atoms with Crippen molar-refractivity contribution in [1.29, 1.82) is 0 Å². The molecule has 0 N–H and O–H groups in total. The minimum Gasteiger partial charge on any atom is -0.464 e. The summed E-state index contributed by atoms with van der Waals surface area (Å²) in [6, 6.07) is 0. The predicted octanol–water partition coefficient (Wildman–Crippen LogP) is 6.88. The fourth-order valence-electron chi connectivity index (χ4n) is 3.37. The van der Waals surface area contributed by atoms with Crippen LogP contribution in [0.5, 0.6) is 0 Å². The maximum atomic E-state index is 11.7. The Bertz CT molecular complexity index is 387. The van der Waals surface area contributed by atoms with Gasteiger partial charge in [0.1, 0.15) is 6.54 Å². The topological polar surface area (TPSA) is 55.8 Å². The molecule has 0 atom stereocenters. The first kappa shape index (κ1) is 27.7. The van der Waals surface area contributed by atoms with Crippen LogP contribution in [0.3, 0.4) is 0 Å². The van der Waals surface area contributed by atoms with Crippen LogP contribution in [-0.2, 0) is 14.3 Å². The van der Waals surface area contributed by atoms with Gasteiger partial charge >= 0.3 is 12.1 Å². The van der Waals surface area contributed by atoms with E-state index in [1.165, 1.54) is 102 Å². The van der Waals surface area contributed by atoms with Gasteiger partial charge in [-0.25, -0.2) is 4.79 Å². The van der Waals surface area contributed by atoms with Gasteiger partial charge in [-0.15, -0.1) is 0 Å². The average Bonchev–Trinajstić information content (AvgIpc) is 2.70. The number of unbranched alkanes of at least 4 members (excludes halogenated alkanes) is 15. The number of carbonyl (C=O) groups excluding carboxylic acids is 2. The van der Waals surface area contributed by atoms with Gasteiger partial charge in [-0.1, -0.05) is 103 Å².